The molecule has 2 aromatic carbocycles. The third-order valence-corrected chi connectivity index (χ3v) is 5.63. The summed E-state index contributed by atoms with van der Waals surface area (Å²) in [6, 6.07) is 17.0. The molecule has 9 nitrogen and oxygen atoms in total. The number of nitrogens with zero attached hydrogens (tertiary/aromatic N) is 4. The van der Waals surface area contributed by atoms with Gasteiger partial charge in [0.1, 0.15) is 30.3 Å². The molecule has 2 N–H and O–H groups in total. The lowest BCUT2D eigenvalue weighted by atomic mass is 10.1. The molecule has 0 radical (unpaired) electrons. The number of carbonyl (C=O) groups excluding carboxylic acids is 1. The molecule has 1 atom stereocenters. The lowest BCUT2D eigenvalue weighted by molar-refractivity contribution is -0.136. The number of aryl methyl sites for hydroxylation is 1. The number of likely N-dealkylation sites (N-methyl/N-ethyl adjacent to an activating group) is 1. The Morgan fingerprint density at radius 3 is 2.69 bits per heavy atom. The molecule has 0 aliphatic rings. The predicted molar refractivity (Wildman–Crippen MR) is 137 cm³/mol. The standard InChI is InChI=1S/C27H29N5O4/c1-18-15-20(10-11-23(18)35-16-21-7-4-5-12-28-21)31-26-25-22(29-17-30-26)8-6-9-24(25)36-19(2)27(34)32(3)13-14-33/h4-12,15,17,19,33H,13-14,16H2,1-3H3,(H,29,30,31)/t19-/m1/s1. The summed E-state index contributed by atoms with van der Waals surface area (Å²) in [5.74, 6) is 1.58. The Bertz CT molecular complexity index is 1330. The molecule has 1 amide bonds. The van der Waals surface area contributed by atoms with E-state index in [-0.39, 0.29) is 19.1 Å². The van der Waals surface area contributed by atoms with Crippen molar-refractivity contribution < 1.29 is 19.4 Å². The van der Waals surface area contributed by atoms with Gasteiger partial charge in [0.05, 0.1) is 23.2 Å². The lowest BCUT2D eigenvalue weighted by Crippen LogP contribution is -2.39. The number of hydrogen-bond acceptors (Lipinski definition) is 8. The molecule has 0 spiro atoms. The summed E-state index contributed by atoms with van der Waals surface area (Å²) in [5, 5.41) is 13.1. The van der Waals surface area contributed by atoms with Gasteiger partial charge in [0.2, 0.25) is 0 Å². The number of ether oxygens (including phenoxy) is 2. The Balaban J connectivity index is 1.55. The molecule has 0 aliphatic heterocycles. The van der Waals surface area contributed by atoms with Crippen molar-refractivity contribution in [2.45, 2.75) is 26.6 Å². The van der Waals surface area contributed by atoms with Crippen LogP contribution >= 0.6 is 0 Å². The molecular formula is C27H29N5O4. The fraction of sp³-hybridized carbons (Fsp3) is 0.259. The third-order valence-electron chi connectivity index (χ3n) is 5.63. The van der Waals surface area contributed by atoms with E-state index in [0.29, 0.717) is 29.1 Å². The van der Waals surface area contributed by atoms with Crippen molar-refractivity contribution in [1.29, 1.82) is 0 Å². The van der Waals surface area contributed by atoms with Crippen molar-refractivity contribution in [2.75, 3.05) is 25.5 Å². The number of pyridine rings is 1. The SMILES string of the molecule is Cc1cc(Nc2ncnc3cccc(O[C@H](C)C(=O)N(C)CCO)c23)ccc1OCc1ccccn1. The molecule has 36 heavy (non-hydrogen) atoms. The van der Waals surface area contributed by atoms with Crippen LogP contribution in [-0.2, 0) is 11.4 Å². The summed E-state index contributed by atoms with van der Waals surface area (Å²) in [4.78, 5) is 27.1. The second-order valence-electron chi connectivity index (χ2n) is 8.33. The van der Waals surface area contributed by atoms with Crippen molar-refractivity contribution in [2.24, 2.45) is 0 Å². The zero-order valence-corrected chi connectivity index (χ0v) is 20.5. The average molecular weight is 488 g/mol. The zero-order valence-electron chi connectivity index (χ0n) is 20.5. The van der Waals surface area contributed by atoms with Gasteiger partial charge in [-0.25, -0.2) is 9.97 Å². The molecule has 0 saturated heterocycles. The minimum absolute atomic E-state index is 0.114. The summed E-state index contributed by atoms with van der Waals surface area (Å²) in [5.41, 5.74) is 3.31. The van der Waals surface area contributed by atoms with Crippen LogP contribution in [0.3, 0.4) is 0 Å². The Hall–Kier alpha value is -4.24. The van der Waals surface area contributed by atoms with Crippen molar-refractivity contribution in [1.82, 2.24) is 19.9 Å². The van der Waals surface area contributed by atoms with E-state index in [1.54, 1.807) is 26.2 Å². The molecule has 0 fully saturated rings. The number of aliphatic hydroxyl groups is 1. The van der Waals surface area contributed by atoms with Crippen LogP contribution < -0.4 is 14.8 Å². The van der Waals surface area contributed by atoms with E-state index >= 15 is 0 Å². The Morgan fingerprint density at radius 1 is 1.08 bits per heavy atom. The van der Waals surface area contributed by atoms with Crippen LogP contribution in [-0.4, -0.2) is 57.2 Å². The minimum Gasteiger partial charge on any atom is -0.487 e. The van der Waals surface area contributed by atoms with Gasteiger partial charge in [-0.15, -0.1) is 0 Å². The lowest BCUT2D eigenvalue weighted by Gasteiger charge is -2.22. The Kier molecular flexibility index (Phi) is 7.92. The number of benzene rings is 2. The maximum atomic E-state index is 12.6. The first-order chi connectivity index (χ1) is 17.5. The fourth-order valence-electron chi connectivity index (χ4n) is 3.74. The van der Waals surface area contributed by atoms with Gasteiger partial charge in [0.15, 0.2) is 6.10 Å². The zero-order chi connectivity index (χ0) is 25.5. The van der Waals surface area contributed by atoms with Crippen molar-refractivity contribution in [3.8, 4) is 11.5 Å². The highest BCUT2D eigenvalue weighted by atomic mass is 16.5. The number of nitrogens with one attached hydrogen (secondary N) is 1. The van der Waals surface area contributed by atoms with Crippen LogP contribution in [0.4, 0.5) is 11.5 Å². The number of aromatic nitrogens is 3. The van der Waals surface area contributed by atoms with E-state index in [2.05, 4.69) is 20.3 Å². The maximum Gasteiger partial charge on any atom is 0.263 e. The highest BCUT2D eigenvalue weighted by molar-refractivity contribution is 5.96. The number of rotatable bonds is 10. The van der Waals surface area contributed by atoms with E-state index in [0.717, 1.165) is 22.7 Å². The van der Waals surface area contributed by atoms with E-state index in [9.17, 15) is 4.79 Å². The van der Waals surface area contributed by atoms with Gasteiger partial charge in [-0.05, 0) is 61.9 Å². The normalized spacial score (nSPS) is 11.7. The number of aliphatic hydroxyl groups excluding tert-OH is 1. The van der Waals surface area contributed by atoms with Gasteiger partial charge in [-0.1, -0.05) is 12.1 Å². The molecule has 0 bridgehead atoms. The quantitative estimate of drug-likeness (QED) is 0.347. The van der Waals surface area contributed by atoms with Gasteiger partial charge in [-0.3, -0.25) is 9.78 Å². The van der Waals surface area contributed by atoms with E-state index in [1.165, 1.54) is 11.2 Å². The summed E-state index contributed by atoms with van der Waals surface area (Å²) < 4.78 is 12.0. The maximum absolute atomic E-state index is 12.6. The Labute approximate surface area is 209 Å². The summed E-state index contributed by atoms with van der Waals surface area (Å²) in [6.07, 6.45) is 2.47. The summed E-state index contributed by atoms with van der Waals surface area (Å²) >= 11 is 0. The van der Waals surface area contributed by atoms with Crippen molar-refractivity contribution in [3.05, 3.63) is 78.4 Å². The number of amides is 1. The minimum atomic E-state index is -0.752. The monoisotopic (exact) mass is 487 g/mol. The molecule has 186 valence electrons. The molecular weight excluding hydrogens is 458 g/mol. The molecule has 0 unspecified atom stereocenters. The van der Waals surface area contributed by atoms with Crippen LogP contribution in [0.1, 0.15) is 18.2 Å². The van der Waals surface area contributed by atoms with Gasteiger partial charge >= 0.3 is 0 Å². The number of fused-ring (bicyclic) bond motifs is 1. The first kappa shape index (κ1) is 24.9. The predicted octanol–water partition coefficient (Wildman–Crippen LogP) is 3.87. The number of hydrogen-bond donors (Lipinski definition) is 2. The smallest absolute Gasteiger partial charge is 0.263 e. The van der Waals surface area contributed by atoms with Crippen LogP contribution in [0.15, 0.2) is 67.1 Å². The molecule has 0 saturated carbocycles. The first-order valence-electron chi connectivity index (χ1n) is 11.6. The van der Waals surface area contributed by atoms with E-state index in [1.807, 2.05) is 55.5 Å². The molecule has 2 aromatic heterocycles. The highest BCUT2D eigenvalue weighted by Gasteiger charge is 2.21. The second-order valence-corrected chi connectivity index (χ2v) is 8.33. The highest BCUT2D eigenvalue weighted by Crippen LogP contribution is 2.33. The van der Waals surface area contributed by atoms with Crippen molar-refractivity contribution >= 4 is 28.3 Å². The Morgan fingerprint density at radius 2 is 1.94 bits per heavy atom. The van der Waals surface area contributed by atoms with Crippen molar-refractivity contribution in [3.63, 3.8) is 0 Å². The number of carbonyl (C=O) groups is 1. The molecule has 2 heterocycles. The molecule has 4 rings (SSSR count). The largest absolute Gasteiger partial charge is 0.487 e. The van der Waals surface area contributed by atoms with Gasteiger partial charge in [-0.2, -0.15) is 0 Å². The first-order valence-corrected chi connectivity index (χ1v) is 11.6. The molecule has 4 aromatic rings. The van der Waals surface area contributed by atoms with Gasteiger partial charge in [0.25, 0.3) is 5.91 Å². The van der Waals surface area contributed by atoms with E-state index < -0.39 is 6.10 Å². The summed E-state index contributed by atoms with van der Waals surface area (Å²) in [6.45, 7) is 4.16. The molecule has 0 aliphatic carbocycles. The average Bonchev–Trinajstić information content (AvgIpc) is 2.88. The van der Waals surface area contributed by atoms with Crippen LogP contribution in [0, 0.1) is 6.92 Å². The fourth-order valence-corrected chi connectivity index (χ4v) is 3.74. The number of anilines is 2. The van der Waals surface area contributed by atoms with Crippen LogP contribution in [0.2, 0.25) is 0 Å². The topological polar surface area (TPSA) is 110 Å². The third kappa shape index (κ3) is 5.87. The molecule has 9 heteroatoms. The van der Waals surface area contributed by atoms with E-state index in [4.69, 9.17) is 14.6 Å². The van der Waals surface area contributed by atoms with Gasteiger partial charge in [0, 0.05) is 25.5 Å². The second kappa shape index (κ2) is 11.5. The van der Waals surface area contributed by atoms with Crippen LogP contribution in [0.5, 0.6) is 11.5 Å². The van der Waals surface area contributed by atoms with Gasteiger partial charge < -0.3 is 24.8 Å². The summed E-state index contributed by atoms with van der Waals surface area (Å²) in [7, 11) is 1.63. The van der Waals surface area contributed by atoms with Crippen LogP contribution in [0.25, 0.3) is 10.9 Å².